The Balaban J connectivity index is 2.05. The molecular weight excluding hydrogens is 265 g/mol. The smallest absolute Gasteiger partial charge is 0.312 e. The van der Waals surface area contributed by atoms with E-state index in [0.717, 1.165) is 5.46 Å². The first-order chi connectivity index (χ1) is 8.96. The van der Waals surface area contributed by atoms with Crippen molar-refractivity contribution in [2.24, 2.45) is 0 Å². The standard InChI is InChI=1S/C13H21BF2N2O2/c1-8-9(14-20-12(4,5)11(2,3)19)7-17-18(8)10-6-13(10,15)16/h7,10,14,19H,6H2,1-5H3. The maximum Gasteiger partial charge on any atom is 0.312 e. The van der Waals surface area contributed by atoms with E-state index in [2.05, 4.69) is 5.10 Å². The van der Waals surface area contributed by atoms with E-state index in [1.54, 1.807) is 40.8 Å². The summed E-state index contributed by atoms with van der Waals surface area (Å²) in [6.07, 6.45) is 1.41. The van der Waals surface area contributed by atoms with Gasteiger partial charge in [-0.15, -0.1) is 0 Å². The third-order valence-electron chi connectivity index (χ3n) is 4.30. The van der Waals surface area contributed by atoms with Gasteiger partial charge in [0.2, 0.25) is 0 Å². The van der Waals surface area contributed by atoms with Crippen molar-refractivity contribution in [3.05, 3.63) is 11.9 Å². The second kappa shape index (κ2) is 4.53. The Labute approximate surface area is 118 Å². The van der Waals surface area contributed by atoms with Gasteiger partial charge in [0.15, 0.2) is 0 Å². The lowest BCUT2D eigenvalue weighted by Crippen LogP contribution is -2.49. The van der Waals surface area contributed by atoms with Crippen LogP contribution in [0, 0.1) is 6.92 Å². The van der Waals surface area contributed by atoms with E-state index in [0.29, 0.717) is 5.69 Å². The van der Waals surface area contributed by atoms with Crippen molar-refractivity contribution in [1.82, 2.24) is 9.78 Å². The molecule has 0 aromatic carbocycles. The Kier molecular flexibility index (Phi) is 3.50. The van der Waals surface area contributed by atoms with Crippen LogP contribution in [0.2, 0.25) is 0 Å². The predicted molar refractivity (Wildman–Crippen MR) is 73.8 cm³/mol. The third kappa shape index (κ3) is 2.74. The molecule has 4 nitrogen and oxygen atoms in total. The van der Waals surface area contributed by atoms with Crippen molar-refractivity contribution in [1.29, 1.82) is 0 Å². The minimum absolute atomic E-state index is 0.148. The maximum absolute atomic E-state index is 13.1. The van der Waals surface area contributed by atoms with Gasteiger partial charge in [-0.05, 0) is 40.1 Å². The summed E-state index contributed by atoms with van der Waals surface area (Å²) in [6, 6.07) is -0.821. The van der Waals surface area contributed by atoms with Gasteiger partial charge >= 0.3 is 7.48 Å². The number of aliphatic hydroxyl groups is 1. The molecule has 1 atom stereocenters. The van der Waals surface area contributed by atoms with E-state index >= 15 is 0 Å². The second-order valence-electron chi connectivity index (χ2n) is 6.54. The lowest BCUT2D eigenvalue weighted by Gasteiger charge is -2.37. The topological polar surface area (TPSA) is 47.3 Å². The molecule has 1 N–H and O–H groups in total. The summed E-state index contributed by atoms with van der Waals surface area (Å²) in [6.45, 7) is 8.70. The average molecular weight is 286 g/mol. The fourth-order valence-electron chi connectivity index (χ4n) is 1.81. The lowest BCUT2D eigenvalue weighted by molar-refractivity contribution is -0.0893. The summed E-state index contributed by atoms with van der Waals surface area (Å²) in [5.74, 6) is -2.64. The van der Waals surface area contributed by atoms with Crippen molar-refractivity contribution < 1.29 is 18.5 Å². The second-order valence-corrected chi connectivity index (χ2v) is 6.54. The molecule has 0 saturated heterocycles. The first kappa shape index (κ1) is 15.4. The zero-order chi connectivity index (χ0) is 15.3. The van der Waals surface area contributed by atoms with Crippen LogP contribution in [0.3, 0.4) is 0 Å². The normalized spacial score (nSPS) is 21.9. The molecule has 0 bridgehead atoms. The molecule has 1 aliphatic carbocycles. The van der Waals surface area contributed by atoms with Crippen LogP contribution in [-0.4, -0.2) is 39.5 Å². The molecule has 0 spiro atoms. The van der Waals surface area contributed by atoms with Gasteiger partial charge in [-0.2, -0.15) is 5.10 Å². The summed E-state index contributed by atoms with van der Waals surface area (Å²) >= 11 is 0. The molecule has 1 saturated carbocycles. The molecular formula is C13H21BF2N2O2. The van der Waals surface area contributed by atoms with Crippen molar-refractivity contribution >= 4 is 12.9 Å². The number of rotatable bonds is 5. The predicted octanol–water partition coefficient (Wildman–Crippen LogP) is 1.31. The SMILES string of the molecule is Cc1c(BOC(C)(C)C(C)(C)O)cnn1C1CC1(F)F. The van der Waals surface area contributed by atoms with Gasteiger partial charge < -0.3 is 9.76 Å². The summed E-state index contributed by atoms with van der Waals surface area (Å²) in [4.78, 5) is 0. The third-order valence-corrected chi connectivity index (χ3v) is 4.30. The van der Waals surface area contributed by atoms with Gasteiger partial charge in [0.25, 0.3) is 5.92 Å². The first-order valence-corrected chi connectivity index (χ1v) is 6.73. The Morgan fingerprint density at radius 1 is 1.45 bits per heavy atom. The van der Waals surface area contributed by atoms with Gasteiger partial charge in [-0.25, -0.2) is 8.78 Å². The molecule has 1 aliphatic rings. The zero-order valence-electron chi connectivity index (χ0n) is 12.6. The molecule has 112 valence electrons. The molecule has 2 rings (SSSR count). The highest BCUT2D eigenvalue weighted by Gasteiger charge is 2.59. The number of halogens is 2. The number of aromatic nitrogens is 2. The molecule has 1 aromatic rings. The molecule has 1 unspecified atom stereocenters. The largest absolute Gasteiger partial charge is 0.427 e. The molecule has 0 radical (unpaired) electrons. The minimum Gasteiger partial charge on any atom is -0.427 e. The fraction of sp³-hybridized carbons (Fsp3) is 0.769. The maximum atomic E-state index is 13.1. The zero-order valence-corrected chi connectivity index (χ0v) is 12.6. The van der Waals surface area contributed by atoms with Gasteiger partial charge in [0, 0.05) is 18.3 Å². The number of hydrogen-bond donors (Lipinski definition) is 1. The van der Waals surface area contributed by atoms with Crippen LogP contribution in [0.5, 0.6) is 0 Å². The molecule has 20 heavy (non-hydrogen) atoms. The summed E-state index contributed by atoms with van der Waals surface area (Å²) < 4.78 is 33.3. The lowest BCUT2D eigenvalue weighted by atomic mass is 9.83. The van der Waals surface area contributed by atoms with E-state index < -0.39 is 23.2 Å². The van der Waals surface area contributed by atoms with Crippen LogP contribution in [0.25, 0.3) is 0 Å². The molecule has 1 fully saturated rings. The molecule has 1 heterocycles. The van der Waals surface area contributed by atoms with E-state index in [-0.39, 0.29) is 13.9 Å². The summed E-state index contributed by atoms with van der Waals surface area (Å²) in [7, 11) is 0.237. The molecule has 1 aromatic heterocycles. The van der Waals surface area contributed by atoms with E-state index in [1.807, 2.05) is 0 Å². The Morgan fingerprint density at radius 2 is 2.00 bits per heavy atom. The Hall–Kier alpha value is -0.945. The molecule has 0 amide bonds. The van der Waals surface area contributed by atoms with E-state index in [9.17, 15) is 13.9 Å². The number of nitrogens with zero attached hydrogens (tertiary/aromatic N) is 2. The van der Waals surface area contributed by atoms with Crippen molar-refractivity contribution in [2.75, 3.05) is 0 Å². The first-order valence-electron chi connectivity index (χ1n) is 6.73. The summed E-state index contributed by atoms with van der Waals surface area (Å²) in [5.41, 5.74) is -0.283. The molecule has 7 heteroatoms. The quantitative estimate of drug-likeness (QED) is 0.830. The number of hydrogen-bond acceptors (Lipinski definition) is 3. The average Bonchev–Trinajstić information content (AvgIpc) is 2.75. The fourth-order valence-corrected chi connectivity index (χ4v) is 1.81. The van der Waals surface area contributed by atoms with Gasteiger partial charge in [0.05, 0.1) is 11.2 Å². The van der Waals surface area contributed by atoms with Gasteiger partial charge in [0.1, 0.15) is 6.04 Å². The highest BCUT2D eigenvalue weighted by atomic mass is 19.3. The van der Waals surface area contributed by atoms with Crippen LogP contribution in [0.15, 0.2) is 6.20 Å². The van der Waals surface area contributed by atoms with Crippen LogP contribution < -0.4 is 5.46 Å². The summed E-state index contributed by atoms with van der Waals surface area (Å²) in [5, 5.41) is 14.1. The van der Waals surface area contributed by atoms with E-state index in [4.69, 9.17) is 4.65 Å². The minimum atomic E-state index is -2.64. The van der Waals surface area contributed by atoms with Gasteiger partial charge in [-0.3, -0.25) is 4.68 Å². The van der Waals surface area contributed by atoms with Crippen LogP contribution in [0.1, 0.15) is 45.9 Å². The highest BCUT2D eigenvalue weighted by molar-refractivity contribution is 6.47. The van der Waals surface area contributed by atoms with Gasteiger partial charge in [-0.1, -0.05) is 0 Å². The Bertz CT molecular complexity index is 509. The van der Waals surface area contributed by atoms with Crippen LogP contribution >= 0.6 is 0 Å². The number of alkyl halides is 2. The van der Waals surface area contributed by atoms with Crippen molar-refractivity contribution in [2.45, 2.75) is 64.2 Å². The van der Waals surface area contributed by atoms with Crippen LogP contribution in [-0.2, 0) is 4.65 Å². The highest BCUT2D eigenvalue weighted by Crippen LogP contribution is 2.52. The van der Waals surface area contributed by atoms with E-state index in [1.165, 1.54) is 4.68 Å². The van der Waals surface area contributed by atoms with Crippen LogP contribution in [0.4, 0.5) is 8.78 Å². The van der Waals surface area contributed by atoms with Crippen molar-refractivity contribution in [3.63, 3.8) is 0 Å². The Morgan fingerprint density at radius 3 is 2.45 bits per heavy atom. The van der Waals surface area contributed by atoms with Crippen molar-refractivity contribution in [3.8, 4) is 0 Å². The monoisotopic (exact) mass is 286 g/mol. The molecule has 0 aliphatic heterocycles.